The minimum atomic E-state index is -1.21. The lowest BCUT2D eigenvalue weighted by Crippen LogP contribution is -2.33. The molecule has 0 amide bonds. The number of hydrogen-bond acceptors (Lipinski definition) is 2. The minimum Gasteiger partial charge on any atom is -0.378 e. The van der Waals surface area contributed by atoms with Gasteiger partial charge in [0, 0.05) is 6.61 Å². The van der Waals surface area contributed by atoms with Gasteiger partial charge in [0.25, 0.3) is 0 Å². The van der Waals surface area contributed by atoms with Crippen LogP contribution in [0.5, 0.6) is 0 Å². The minimum absolute atomic E-state index is 0.207. The molecule has 0 radical (unpaired) electrons. The van der Waals surface area contributed by atoms with E-state index < -0.39 is 5.60 Å². The highest BCUT2D eigenvalue weighted by atomic mass is 16.5. The van der Waals surface area contributed by atoms with Crippen LogP contribution in [0.3, 0.4) is 0 Å². The first-order valence-electron chi connectivity index (χ1n) is 10.3. The van der Waals surface area contributed by atoms with Crippen molar-refractivity contribution >= 4 is 0 Å². The Labute approximate surface area is 178 Å². The number of aliphatic hydroxyl groups is 1. The van der Waals surface area contributed by atoms with Crippen molar-refractivity contribution in [2.24, 2.45) is 0 Å². The van der Waals surface area contributed by atoms with Gasteiger partial charge in [-0.25, -0.2) is 0 Å². The van der Waals surface area contributed by atoms with Gasteiger partial charge >= 0.3 is 0 Å². The Morgan fingerprint density at radius 2 is 0.933 bits per heavy atom. The van der Waals surface area contributed by atoms with Gasteiger partial charge in [-0.15, -0.1) is 0 Å². The predicted molar refractivity (Wildman–Crippen MR) is 123 cm³/mol. The maximum Gasteiger partial charge on any atom is 0.138 e. The van der Waals surface area contributed by atoms with E-state index in [0.717, 1.165) is 33.4 Å². The van der Waals surface area contributed by atoms with Crippen molar-refractivity contribution in [2.75, 3.05) is 13.2 Å². The fourth-order valence-electron chi connectivity index (χ4n) is 3.72. The lowest BCUT2D eigenvalue weighted by atomic mass is 9.85. The molecule has 0 atom stereocenters. The van der Waals surface area contributed by atoms with Gasteiger partial charge in [-0.1, -0.05) is 109 Å². The van der Waals surface area contributed by atoms with Crippen molar-refractivity contribution in [3.63, 3.8) is 0 Å². The van der Waals surface area contributed by atoms with E-state index in [1.807, 2.05) is 67.6 Å². The summed E-state index contributed by atoms with van der Waals surface area (Å²) in [6, 6.07) is 36.7. The van der Waals surface area contributed by atoms with Crippen LogP contribution in [-0.4, -0.2) is 18.3 Å². The van der Waals surface area contributed by atoms with Crippen LogP contribution in [-0.2, 0) is 10.3 Å². The fourth-order valence-corrected chi connectivity index (χ4v) is 3.72. The second kappa shape index (κ2) is 9.08. The Balaban J connectivity index is 1.67. The zero-order valence-electron chi connectivity index (χ0n) is 17.2. The summed E-state index contributed by atoms with van der Waals surface area (Å²) in [4.78, 5) is 0. The van der Waals surface area contributed by atoms with E-state index in [4.69, 9.17) is 4.74 Å². The first-order chi connectivity index (χ1) is 14.7. The summed E-state index contributed by atoms with van der Waals surface area (Å²) in [5.74, 6) is 0. The molecule has 0 aliphatic carbocycles. The molecule has 150 valence electrons. The summed E-state index contributed by atoms with van der Waals surface area (Å²) in [5, 5.41) is 11.7. The van der Waals surface area contributed by atoms with Gasteiger partial charge in [0.05, 0.1) is 6.61 Å². The molecule has 0 aromatic heterocycles. The summed E-state index contributed by atoms with van der Waals surface area (Å²) in [7, 11) is 0. The Hall–Kier alpha value is -3.20. The van der Waals surface area contributed by atoms with Gasteiger partial charge in [-0.3, -0.25) is 0 Å². The first kappa shape index (κ1) is 20.1. The van der Waals surface area contributed by atoms with E-state index >= 15 is 0 Å². The zero-order valence-corrected chi connectivity index (χ0v) is 17.2. The summed E-state index contributed by atoms with van der Waals surface area (Å²) < 4.78 is 5.69. The molecule has 0 aliphatic rings. The smallest absolute Gasteiger partial charge is 0.138 e. The SMILES string of the molecule is CCOCC(O)(c1ccc(-c2ccccc2)cc1)c1ccc(-c2ccccc2)cc1. The summed E-state index contributed by atoms with van der Waals surface area (Å²) in [6.07, 6.45) is 0. The molecule has 4 rings (SSSR count). The highest BCUT2D eigenvalue weighted by Crippen LogP contribution is 2.33. The highest BCUT2D eigenvalue weighted by molar-refractivity contribution is 5.65. The van der Waals surface area contributed by atoms with E-state index in [1.165, 1.54) is 0 Å². The lowest BCUT2D eigenvalue weighted by Gasteiger charge is -2.29. The maximum atomic E-state index is 11.7. The molecule has 0 unspecified atom stereocenters. The normalized spacial score (nSPS) is 11.4. The largest absolute Gasteiger partial charge is 0.378 e. The van der Waals surface area contributed by atoms with E-state index in [-0.39, 0.29) is 6.61 Å². The average Bonchev–Trinajstić information content (AvgIpc) is 2.84. The third kappa shape index (κ3) is 4.20. The van der Waals surface area contributed by atoms with Crippen LogP contribution in [0.2, 0.25) is 0 Å². The number of rotatable bonds is 7. The Bertz CT molecular complexity index is 970. The maximum absolute atomic E-state index is 11.7. The Morgan fingerprint density at radius 3 is 1.30 bits per heavy atom. The number of hydrogen-bond donors (Lipinski definition) is 1. The zero-order chi connectivity index (χ0) is 20.8. The standard InChI is InChI=1S/C28H26O2/c1-2-30-21-28(29,26-17-13-24(14-18-26)22-9-5-3-6-10-22)27-19-15-25(16-20-27)23-11-7-4-8-12-23/h3-20,29H,2,21H2,1H3. The molecular formula is C28H26O2. The van der Waals surface area contributed by atoms with Crippen molar-refractivity contribution in [1.82, 2.24) is 0 Å². The molecule has 0 saturated heterocycles. The molecule has 0 saturated carbocycles. The Kier molecular flexibility index (Phi) is 6.08. The third-order valence-corrected chi connectivity index (χ3v) is 5.45. The molecule has 0 fully saturated rings. The number of benzene rings is 4. The average molecular weight is 395 g/mol. The van der Waals surface area contributed by atoms with Crippen LogP contribution in [0.25, 0.3) is 22.3 Å². The molecule has 4 aromatic rings. The highest BCUT2D eigenvalue weighted by Gasteiger charge is 2.32. The van der Waals surface area contributed by atoms with Crippen LogP contribution < -0.4 is 0 Å². The molecule has 2 nitrogen and oxygen atoms in total. The lowest BCUT2D eigenvalue weighted by molar-refractivity contribution is -0.0183. The van der Waals surface area contributed by atoms with Gasteiger partial charge in [-0.05, 0) is 40.3 Å². The van der Waals surface area contributed by atoms with Gasteiger partial charge in [0.1, 0.15) is 5.60 Å². The van der Waals surface area contributed by atoms with Crippen molar-refractivity contribution in [1.29, 1.82) is 0 Å². The van der Waals surface area contributed by atoms with Crippen molar-refractivity contribution < 1.29 is 9.84 Å². The molecule has 0 spiro atoms. The summed E-state index contributed by atoms with van der Waals surface area (Å²) in [5.41, 5.74) is 5.00. The predicted octanol–water partition coefficient (Wildman–Crippen LogP) is 6.29. The van der Waals surface area contributed by atoms with Gasteiger partial charge in [-0.2, -0.15) is 0 Å². The molecule has 0 heterocycles. The number of ether oxygens (including phenoxy) is 1. The van der Waals surface area contributed by atoms with Gasteiger partial charge < -0.3 is 9.84 Å². The molecule has 4 aromatic carbocycles. The van der Waals surface area contributed by atoms with E-state index in [0.29, 0.717) is 6.61 Å². The molecule has 1 N–H and O–H groups in total. The van der Waals surface area contributed by atoms with Crippen LogP contribution >= 0.6 is 0 Å². The second-order valence-electron chi connectivity index (χ2n) is 7.38. The molecule has 2 heteroatoms. The molecule has 0 aliphatic heterocycles. The third-order valence-electron chi connectivity index (χ3n) is 5.45. The van der Waals surface area contributed by atoms with E-state index in [1.54, 1.807) is 0 Å². The summed E-state index contributed by atoms with van der Waals surface area (Å²) >= 11 is 0. The first-order valence-corrected chi connectivity index (χ1v) is 10.3. The summed E-state index contributed by atoms with van der Waals surface area (Å²) in [6.45, 7) is 2.70. The van der Waals surface area contributed by atoms with Crippen molar-refractivity contribution in [3.8, 4) is 22.3 Å². The van der Waals surface area contributed by atoms with Crippen LogP contribution in [0.15, 0.2) is 109 Å². The van der Waals surface area contributed by atoms with E-state index in [2.05, 4.69) is 48.5 Å². The molecule has 0 bridgehead atoms. The Morgan fingerprint density at radius 1 is 0.567 bits per heavy atom. The van der Waals surface area contributed by atoms with Crippen LogP contribution in [0, 0.1) is 0 Å². The van der Waals surface area contributed by atoms with Crippen molar-refractivity contribution in [3.05, 3.63) is 120 Å². The van der Waals surface area contributed by atoms with Crippen LogP contribution in [0.1, 0.15) is 18.1 Å². The second-order valence-corrected chi connectivity index (χ2v) is 7.38. The fraction of sp³-hybridized carbons (Fsp3) is 0.143. The van der Waals surface area contributed by atoms with Crippen LogP contribution in [0.4, 0.5) is 0 Å². The topological polar surface area (TPSA) is 29.5 Å². The monoisotopic (exact) mass is 394 g/mol. The van der Waals surface area contributed by atoms with Crippen molar-refractivity contribution in [2.45, 2.75) is 12.5 Å². The quantitative estimate of drug-likeness (QED) is 0.399. The molecule has 30 heavy (non-hydrogen) atoms. The van der Waals surface area contributed by atoms with E-state index in [9.17, 15) is 5.11 Å². The van der Waals surface area contributed by atoms with Gasteiger partial charge in [0.15, 0.2) is 0 Å². The van der Waals surface area contributed by atoms with Gasteiger partial charge in [0.2, 0.25) is 0 Å². The molecular weight excluding hydrogens is 368 g/mol.